The van der Waals surface area contributed by atoms with Crippen molar-refractivity contribution in [2.45, 2.75) is 31.8 Å². The molecule has 0 spiro atoms. The smallest absolute Gasteiger partial charge is 0.223 e. The molecule has 0 aliphatic heterocycles. The molecule has 0 unspecified atom stereocenters. The first-order chi connectivity index (χ1) is 9.25. The number of amides is 1. The summed E-state index contributed by atoms with van der Waals surface area (Å²) in [5.41, 5.74) is 1.09. The van der Waals surface area contributed by atoms with Crippen molar-refractivity contribution >= 4 is 5.91 Å². The zero-order chi connectivity index (χ0) is 13.5. The maximum atomic E-state index is 11.9. The lowest BCUT2D eigenvalue weighted by atomic mass is 9.93. The number of carbonyl (C=O) groups excluding carboxylic acids is 1. The molecule has 102 valence electrons. The minimum Gasteiger partial charge on any atom is -0.391 e. The van der Waals surface area contributed by atoms with E-state index in [1.807, 2.05) is 30.3 Å². The molecular weight excluding hydrogens is 238 g/mol. The highest BCUT2D eigenvalue weighted by atomic mass is 16.3. The Labute approximate surface area is 114 Å². The normalized spacial score (nSPS) is 19.9. The van der Waals surface area contributed by atoms with E-state index in [1.54, 1.807) is 0 Å². The molecule has 2 N–H and O–H groups in total. The Balaban J connectivity index is 1.72. The molecule has 0 aromatic heterocycles. The lowest BCUT2D eigenvalue weighted by molar-refractivity contribution is -0.125. The second kappa shape index (κ2) is 7.10. The molecular formula is C16H21NO2. The van der Waals surface area contributed by atoms with Gasteiger partial charge in [-0.1, -0.05) is 42.5 Å². The Morgan fingerprint density at radius 2 is 2.11 bits per heavy atom. The highest BCUT2D eigenvalue weighted by Crippen LogP contribution is 2.17. The number of allylic oxidation sites excluding steroid dienone is 2. The number of nitrogens with one attached hydrogen (secondary N) is 1. The van der Waals surface area contributed by atoms with Gasteiger partial charge in [-0.15, -0.1) is 0 Å². The summed E-state index contributed by atoms with van der Waals surface area (Å²) in [5.74, 6) is 0.144. The molecule has 0 heterocycles. The third-order valence-corrected chi connectivity index (χ3v) is 3.47. The van der Waals surface area contributed by atoms with Crippen LogP contribution in [0.4, 0.5) is 0 Å². The third kappa shape index (κ3) is 4.52. The number of aliphatic hydroxyl groups excluding tert-OH is 1. The molecule has 0 radical (unpaired) electrons. The average molecular weight is 259 g/mol. The highest BCUT2D eigenvalue weighted by molar-refractivity contribution is 5.78. The maximum absolute atomic E-state index is 11.9. The van der Waals surface area contributed by atoms with Gasteiger partial charge in [-0.25, -0.2) is 0 Å². The summed E-state index contributed by atoms with van der Waals surface area (Å²) in [6.45, 7) is 0.327. The number of carbonyl (C=O) groups is 1. The van der Waals surface area contributed by atoms with Crippen LogP contribution < -0.4 is 5.32 Å². The molecule has 0 saturated heterocycles. The van der Waals surface area contributed by atoms with E-state index in [1.165, 1.54) is 0 Å². The van der Waals surface area contributed by atoms with Crippen molar-refractivity contribution < 1.29 is 9.90 Å². The van der Waals surface area contributed by atoms with Gasteiger partial charge in [0.05, 0.1) is 6.10 Å². The average Bonchev–Trinajstić information content (AvgIpc) is 2.47. The van der Waals surface area contributed by atoms with Gasteiger partial charge in [-0.05, 0) is 24.8 Å². The first kappa shape index (κ1) is 13.8. The van der Waals surface area contributed by atoms with E-state index in [2.05, 4.69) is 17.5 Å². The zero-order valence-electron chi connectivity index (χ0n) is 11.1. The molecule has 2 rings (SSSR count). The van der Waals surface area contributed by atoms with Crippen molar-refractivity contribution in [2.75, 3.05) is 6.54 Å². The van der Waals surface area contributed by atoms with Crippen molar-refractivity contribution in [3.63, 3.8) is 0 Å². The van der Waals surface area contributed by atoms with Crippen molar-refractivity contribution in [1.82, 2.24) is 5.32 Å². The summed E-state index contributed by atoms with van der Waals surface area (Å²) in [6, 6.07) is 9.83. The highest BCUT2D eigenvalue weighted by Gasteiger charge is 2.19. The van der Waals surface area contributed by atoms with E-state index in [9.17, 15) is 9.90 Å². The predicted molar refractivity (Wildman–Crippen MR) is 75.6 cm³/mol. The molecule has 1 aliphatic rings. The molecule has 1 aliphatic carbocycles. The van der Waals surface area contributed by atoms with Crippen LogP contribution in [0, 0.1) is 5.92 Å². The number of hydrogen-bond acceptors (Lipinski definition) is 2. The maximum Gasteiger partial charge on any atom is 0.223 e. The van der Waals surface area contributed by atoms with Crippen molar-refractivity contribution in [3.05, 3.63) is 48.0 Å². The third-order valence-electron chi connectivity index (χ3n) is 3.47. The van der Waals surface area contributed by atoms with Gasteiger partial charge in [0.2, 0.25) is 5.91 Å². The van der Waals surface area contributed by atoms with Crippen LogP contribution in [-0.2, 0) is 11.2 Å². The standard InChI is InChI=1S/C16H21NO2/c18-15(11-13-7-3-1-4-8-13)12-17-16(19)14-9-5-2-6-10-14/h1-5,7-8,14-15,18H,6,9-12H2,(H,17,19)/t14-,15-/m1/s1. The van der Waals surface area contributed by atoms with Gasteiger partial charge in [0.15, 0.2) is 0 Å². The summed E-state index contributed by atoms with van der Waals surface area (Å²) in [7, 11) is 0. The molecule has 1 aromatic rings. The van der Waals surface area contributed by atoms with Crippen LogP contribution in [-0.4, -0.2) is 23.7 Å². The SMILES string of the molecule is O=C(NC[C@H](O)Cc1ccccc1)[C@@H]1CC=CCC1. The Morgan fingerprint density at radius 1 is 1.32 bits per heavy atom. The van der Waals surface area contributed by atoms with Crippen LogP contribution in [0.5, 0.6) is 0 Å². The summed E-state index contributed by atoms with van der Waals surface area (Å²) in [6.07, 6.45) is 6.95. The summed E-state index contributed by atoms with van der Waals surface area (Å²) in [4.78, 5) is 11.9. The number of benzene rings is 1. The number of hydrogen-bond donors (Lipinski definition) is 2. The van der Waals surface area contributed by atoms with Crippen LogP contribution in [0.1, 0.15) is 24.8 Å². The quantitative estimate of drug-likeness (QED) is 0.795. The first-order valence-electron chi connectivity index (χ1n) is 6.90. The topological polar surface area (TPSA) is 49.3 Å². The van der Waals surface area contributed by atoms with Crippen LogP contribution in [0.2, 0.25) is 0 Å². The van der Waals surface area contributed by atoms with E-state index in [0.29, 0.717) is 13.0 Å². The van der Waals surface area contributed by atoms with Gasteiger partial charge in [0.25, 0.3) is 0 Å². The fourth-order valence-corrected chi connectivity index (χ4v) is 2.35. The zero-order valence-corrected chi connectivity index (χ0v) is 11.1. The molecule has 19 heavy (non-hydrogen) atoms. The fraction of sp³-hybridized carbons (Fsp3) is 0.438. The van der Waals surface area contributed by atoms with Crippen LogP contribution in [0.25, 0.3) is 0 Å². The minimum atomic E-state index is -0.523. The fourth-order valence-electron chi connectivity index (χ4n) is 2.35. The van der Waals surface area contributed by atoms with Crippen LogP contribution in [0.3, 0.4) is 0 Å². The van der Waals surface area contributed by atoms with Crippen molar-refractivity contribution in [3.8, 4) is 0 Å². The molecule has 1 aromatic carbocycles. The molecule has 3 heteroatoms. The monoisotopic (exact) mass is 259 g/mol. The van der Waals surface area contributed by atoms with Crippen molar-refractivity contribution in [2.24, 2.45) is 5.92 Å². The van der Waals surface area contributed by atoms with E-state index in [0.717, 1.165) is 24.8 Å². The molecule has 0 saturated carbocycles. The lowest BCUT2D eigenvalue weighted by Gasteiger charge is -2.18. The van der Waals surface area contributed by atoms with E-state index in [-0.39, 0.29) is 11.8 Å². The lowest BCUT2D eigenvalue weighted by Crippen LogP contribution is -2.37. The Bertz CT molecular complexity index is 428. The van der Waals surface area contributed by atoms with Crippen LogP contribution >= 0.6 is 0 Å². The summed E-state index contributed by atoms with van der Waals surface area (Å²) >= 11 is 0. The van der Waals surface area contributed by atoms with Crippen LogP contribution in [0.15, 0.2) is 42.5 Å². The minimum absolute atomic E-state index is 0.0662. The Hall–Kier alpha value is -1.61. The van der Waals surface area contributed by atoms with Crippen molar-refractivity contribution in [1.29, 1.82) is 0 Å². The molecule has 3 nitrogen and oxygen atoms in total. The second-order valence-corrected chi connectivity index (χ2v) is 5.07. The van der Waals surface area contributed by atoms with Gasteiger partial charge in [-0.3, -0.25) is 4.79 Å². The Morgan fingerprint density at radius 3 is 2.79 bits per heavy atom. The summed E-state index contributed by atoms with van der Waals surface area (Å²) in [5, 5.41) is 12.8. The molecule has 0 bridgehead atoms. The molecule has 1 amide bonds. The first-order valence-corrected chi connectivity index (χ1v) is 6.90. The van der Waals surface area contributed by atoms with Gasteiger partial charge in [-0.2, -0.15) is 0 Å². The Kier molecular flexibility index (Phi) is 5.16. The van der Waals surface area contributed by atoms with E-state index < -0.39 is 6.10 Å². The van der Waals surface area contributed by atoms with Gasteiger partial charge < -0.3 is 10.4 Å². The number of aliphatic hydroxyl groups is 1. The number of rotatable bonds is 5. The second-order valence-electron chi connectivity index (χ2n) is 5.07. The van der Waals surface area contributed by atoms with Gasteiger partial charge >= 0.3 is 0 Å². The van der Waals surface area contributed by atoms with Gasteiger partial charge in [0.1, 0.15) is 0 Å². The largest absolute Gasteiger partial charge is 0.391 e. The predicted octanol–water partition coefficient (Wildman–Crippen LogP) is 2.06. The van der Waals surface area contributed by atoms with E-state index in [4.69, 9.17) is 0 Å². The van der Waals surface area contributed by atoms with E-state index >= 15 is 0 Å². The van der Waals surface area contributed by atoms with Gasteiger partial charge in [0, 0.05) is 18.9 Å². The summed E-state index contributed by atoms with van der Waals surface area (Å²) < 4.78 is 0. The molecule has 2 atom stereocenters. The molecule has 0 fully saturated rings.